The van der Waals surface area contributed by atoms with Crippen LogP contribution in [0.1, 0.15) is 44.7 Å². The molecule has 11 nitrogen and oxygen atoms in total. The number of unbranched alkanes of at least 4 members (excludes halogenated alkanes) is 1. The van der Waals surface area contributed by atoms with Crippen LogP contribution in [0.15, 0.2) is 49.1 Å². The van der Waals surface area contributed by atoms with Gasteiger partial charge in [-0.2, -0.15) is 16.9 Å². The summed E-state index contributed by atoms with van der Waals surface area (Å²) in [6, 6.07) is 9.93. The molecular formula is C31H37ClN8O3S. The summed E-state index contributed by atoms with van der Waals surface area (Å²) in [6.45, 7) is 6.75. The SMILES string of the molecule is C=C(/C=C\C)c1nnc2c(c(-c3ccccc3)nn2CC(=O)NCCCNC(=O)CCCC[C@@H]2SC[C@@H]3NC(=O)N[C@@H]32)c1Cl. The highest BCUT2D eigenvalue weighted by Gasteiger charge is 2.42. The Bertz CT molecular complexity index is 1560. The van der Waals surface area contributed by atoms with Crippen molar-refractivity contribution in [3.63, 3.8) is 0 Å². The fourth-order valence-electron chi connectivity index (χ4n) is 5.51. The number of rotatable bonds is 14. The smallest absolute Gasteiger partial charge is 0.315 e. The van der Waals surface area contributed by atoms with E-state index in [-0.39, 0.29) is 36.5 Å². The van der Waals surface area contributed by atoms with Gasteiger partial charge in [0.2, 0.25) is 11.8 Å². The molecule has 0 aliphatic carbocycles. The van der Waals surface area contributed by atoms with E-state index >= 15 is 0 Å². The first-order chi connectivity index (χ1) is 21.4. The molecule has 2 aromatic heterocycles. The second-order valence-electron chi connectivity index (χ2n) is 10.9. The molecule has 3 aromatic rings. The summed E-state index contributed by atoms with van der Waals surface area (Å²) >= 11 is 8.70. The lowest BCUT2D eigenvalue weighted by atomic mass is 10.0. The monoisotopic (exact) mass is 636 g/mol. The number of halogens is 1. The average molecular weight is 637 g/mol. The summed E-state index contributed by atoms with van der Waals surface area (Å²) in [5.74, 6) is 0.712. The van der Waals surface area contributed by atoms with Gasteiger partial charge in [-0.15, -0.1) is 10.2 Å². The molecule has 0 saturated carbocycles. The van der Waals surface area contributed by atoms with Gasteiger partial charge in [0.05, 0.1) is 22.5 Å². The quantitative estimate of drug-likeness (QED) is 0.119. The summed E-state index contributed by atoms with van der Waals surface area (Å²) in [5.41, 5.74) is 2.95. The summed E-state index contributed by atoms with van der Waals surface area (Å²) < 4.78 is 1.51. The number of hydrogen-bond acceptors (Lipinski definition) is 7. The molecule has 2 fully saturated rings. The van der Waals surface area contributed by atoms with Crippen LogP contribution in [0, 0.1) is 0 Å². The molecule has 2 saturated heterocycles. The molecule has 4 heterocycles. The molecule has 4 amide bonds. The predicted octanol–water partition coefficient (Wildman–Crippen LogP) is 4.08. The molecule has 3 atom stereocenters. The molecule has 2 aliphatic rings. The van der Waals surface area contributed by atoms with E-state index in [1.807, 2.05) is 61.2 Å². The third-order valence-corrected chi connectivity index (χ3v) is 9.57. The zero-order chi connectivity index (χ0) is 31.1. The van der Waals surface area contributed by atoms with Gasteiger partial charge in [-0.25, -0.2) is 9.48 Å². The Hall–Kier alpha value is -3.90. The number of thioether (sulfide) groups is 1. The van der Waals surface area contributed by atoms with Gasteiger partial charge in [-0.3, -0.25) is 9.59 Å². The minimum Gasteiger partial charge on any atom is -0.356 e. The first-order valence-electron chi connectivity index (χ1n) is 14.9. The Kier molecular flexibility index (Phi) is 10.5. The molecule has 232 valence electrons. The van der Waals surface area contributed by atoms with Crippen molar-refractivity contribution in [1.82, 2.24) is 41.2 Å². The average Bonchev–Trinajstić information content (AvgIpc) is 3.68. The first kappa shape index (κ1) is 31.5. The molecule has 0 spiro atoms. The van der Waals surface area contributed by atoms with Gasteiger partial charge in [0.1, 0.15) is 17.9 Å². The highest BCUT2D eigenvalue weighted by molar-refractivity contribution is 8.00. The van der Waals surface area contributed by atoms with Crippen LogP contribution in [0.3, 0.4) is 0 Å². The lowest BCUT2D eigenvalue weighted by molar-refractivity contribution is -0.121. The van der Waals surface area contributed by atoms with E-state index < -0.39 is 0 Å². The summed E-state index contributed by atoms with van der Waals surface area (Å²) in [4.78, 5) is 36.6. The van der Waals surface area contributed by atoms with Crippen LogP contribution in [0.5, 0.6) is 0 Å². The van der Waals surface area contributed by atoms with Crippen LogP contribution in [0.2, 0.25) is 5.02 Å². The molecule has 5 rings (SSSR count). The minimum absolute atomic E-state index is 0.00694. The topological polar surface area (TPSA) is 143 Å². The van der Waals surface area contributed by atoms with E-state index in [1.165, 1.54) is 4.68 Å². The van der Waals surface area contributed by atoms with Gasteiger partial charge < -0.3 is 21.3 Å². The Morgan fingerprint density at radius 3 is 2.66 bits per heavy atom. The number of urea groups is 1. The molecular weight excluding hydrogens is 600 g/mol. The van der Waals surface area contributed by atoms with E-state index in [9.17, 15) is 14.4 Å². The summed E-state index contributed by atoms with van der Waals surface area (Å²) in [6.07, 6.45) is 7.45. The third-order valence-electron chi connectivity index (χ3n) is 7.69. The van der Waals surface area contributed by atoms with Crippen LogP contribution in [-0.4, -0.2) is 74.0 Å². The zero-order valence-electron chi connectivity index (χ0n) is 24.6. The van der Waals surface area contributed by atoms with E-state index in [0.717, 1.165) is 30.6 Å². The van der Waals surface area contributed by atoms with Crippen LogP contribution < -0.4 is 21.3 Å². The Labute approximate surface area is 265 Å². The number of fused-ring (bicyclic) bond motifs is 2. The molecule has 0 bridgehead atoms. The number of nitrogens with zero attached hydrogens (tertiary/aromatic N) is 4. The van der Waals surface area contributed by atoms with Gasteiger partial charge in [-0.05, 0) is 31.8 Å². The van der Waals surface area contributed by atoms with Gasteiger partial charge in [0.25, 0.3) is 0 Å². The van der Waals surface area contributed by atoms with Crippen molar-refractivity contribution < 1.29 is 14.4 Å². The number of carbonyl (C=O) groups is 3. The minimum atomic E-state index is -0.235. The van der Waals surface area contributed by atoms with Gasteiger partial charge >= 0.3 is 6.03 Å². The normalized spacial score (nSPS) is 19.1. The van der Waals surface area contributed by atoms with Crippen molar-refractivity contribution in [3.05, 3.63) is 59.8 Å². The van der Waals surface area contributed by atoms with E-state index in [1.54, 1.807) is 0 Å². The van der Waals surface area contributed by atoms with E-state index in [0.29, 0.717) is 64.2 Å². The number of allylic oxidation sites excluding steroid dienone is 3. The molecule has 0 radical (unpaired) electrons. The standard InChI is InChI=1S/C31H37ClN8O3S/c1-3-10-19(2)27-26(32)25-28(20-11-5-4-6-12-20)39-40(30(25)38-37-27)17-24(42)34-16-9-15-33-23(41)14-8-7-13-22-29-21(18-44-22)35-31(43)36-29/h3-6,10-12,21-22,29H,2,7-9,13-18H2,1H3,(H,33,41)(H,34,42)(H2,35,36,43)/b10-3-/t21-,22-,29-/m0/s1. The number of amides is 4. The zero-order valence-corrected chi connectivity index (χ0v) is 26.2. The molecule has 1 aromatic carbocycles. The van der Waals surface area contributed by atoms with Crippen molar-refractivity contribution in [2.75, 3.05) is 18.8 Å². The van der Waals surface area contributed by atoms with Gasteiger partial charge in [-0.1, -0.05) is 67.1 Å². The highest BCUT2D eigenvalue weighted by atomic mass is 35.5. The molecule has 0 unspecified atom stereocenters. The van der Waals surface area contributed by atoms with Crippen molar-refractivity contribution in [3.8, 4) is 11.3 Å². The number of aromatic nitrogens is 4. The maximum absolute atomic E-state index is 12.8. The second kappa shape index (κ2) is 14.7. The summed E-state index contributed by atoms with van der Waals surface area (Å²) in [5, 5.41) is 26.5. The number of carbonyl (C=O) groups excluding carboxylic acids is 3. The highest BCUT2D eigenvalue weighted by Crippen LogP contribution is 2.36. The van der Waals surface area contributed by atoms with Crippen molar-refractivity contribution in [1.29, 1.82) is 0 Å². The Morgan fingerprint density at radius 1 is 1.11 bits per heavy atom. The number of hydrogen-bond donors (Lipinski definition) is 4. The fourth-order valence-corrected chi connectivity index (χ4v) is 7.39. The number of benzene rings is 1. The van der Waals surface area contributed by atoms with Crippen LogP contribution >= 0.6 is 23.4 Å². The maximum Gasteiger partial charge on any atom is 0.315 e. The number of nitrogens with one attached hydrogen (secondary N) is 4. The lowest BCUT2D eigenvalue weighted by Crippen LogP contribution is -2.36. The third kappa shape index (κ3) is 7.41. The van der Waals surface area contributed by atoms with Crippen LogP contribution in [0.25, 0.3) is 27.9 Å². The lowest BCUT2D eigenvalue weighted by Gasteiger charge is -2.16. The first-order valence-corrected chi connectivity index (χ1v) is 16.3. The predicted molar refractivity (Wildman–Crippen MR) is 174 cm³/mol. The summed E-state index contributed by atoms with van der Waals surface area (Å²) in [7, 11) is 0. The maximum atomic E-state index is 12.8. The van der Waals surface area contributed by atoms with E-state index in [2.05, 4.69) is 38.0 Å². The molecule has 2 aliphatic heterocycles. The Morgan fingerprint density at radius 2 is 1.89 bits per heavy atom. The van der Waals surface area contributed by atoms with Crippen LogP contribution in [0.4, 0.5) is 4.79 Å². The van der Waals surface area contributed by atoms with Crippen molar-refractivity contribution in [2.24, 2.45) is 0 Å². The van der Waals surface area contributed by atoms with Crippen molar-refractivity contribution in [2.45, 2.75) is 62.9 Å². The Balaban J connectivity index is 1.07. The fraction of sp³-hybridized carbons (Fsp3) is 0.419. The molecule has 13 heteroatoms. The largest absolute Gasteiger partial charge is 0.356 e. The van der Waals surface area contributed by atoms with Crippen LogP contribution in [-0.2, 0) is 16.1 Å². The van der Waals surface area contributed by atoms with Crippen molar-refractivity contribution >= 4 is 57.8 Å². The van der Waals surface area contributed by atoms with Gasteiger partial charge in [0.15, 0.2) is 5.65 Å². The van der Waals surface area contributed by atoms with E-state index in [4.69, 9.17) is 16.7 Å². The van der Waals surface area contributed by atoms with Gasteiger partial charge in [0, 0.05) is 36.1 Å². The second-order valence-corrected chi connectivity index (χ2v) is 12.5. The molecule has 4 N–H and O–H groups in total. The molecule has 44 heavy (non-hydrogen) atoms.